The van der Waals surface area contributed by atoms with Crippen molar-refractivity contribution in [1.82, 2.24) is 19.7 Å². The number of aromatic amines is 1. The molecule has 0 saturated carbocycles. The first-order chi connectivity index (χ1) is 13.9. The van der Waals surface area contributed by atoms with Crippen molar-refractivity contribution >= 4 is 11.7 Å². The van der Waals surface area contributed by atoms with Gasteiger partial charge in [-0.25, -0.2) is 4.98 Å². The fraction of sp³-hybridized carbons (Fsp3) is 0.300. The topological polar surface area (TPSA) is 111 Å². The maximum Gasteiger partial charge on any atom is 0.270 e. The second-order valence-corrected chi connectivity index (χ2v) is 6.79. The molecule has 0 aliphatic carbocycles. The molecule has 3 heterocycles. The van der Waals surface area contributed by atoms with E-state index in [1.54, 1.807) is 32.0 Å². The highest BCUT2D eigenvalue weighted by atomic mass is 16.6. The molecule has 2 unspecified atom stereocenters. The van der Waals surface area contributed by atoms with Crippen molar-refractivity contribution < 1.29 is 14.3 Å². The number of carbonyl (C=O) groups excluding carboxylic acids is 1. The summed E-state index contributed by atoms with van der Waals surface area (Å²) in [4.78, 5) is 31.9. The Hall–Kier alpha value is -3.62. The maximum atomic E-state index is 12.9. The lowest BCUT2D eigenvalue weighted by atomic mass is 10.1. The number of aryl methyl sites for hydroxylation is 2. The van der Waals surface area contributed by atoms with Gasteiger partial charge in [-0.05, 0) is 32.4 Å². The predicted octanol–water partition coefficient (Wildman–Crippen LogP) is 1.99. The van der Waals surface area contributed by atoms with Crippen LogP contribution in [0.1, 0.15) is 25.2 Å². The zero-order valence-corrected chi connectivity index (χ0v) is 16.3. The number of amides is 1. The van der Waals surface area contributed by atoms with Crippen molar-refractivity contribution in [3.63, 3.8) is 0 Å². The molecule has 1 aliphatic heterocycles. The molecule has 1 amide bonds. The fourth-order valence-corrected chi connectivity index (χ4v) is 3.13. The van der Waals surface area contributed by atoms with Crippen LogP contribution in [-0.2, 0) is 11.2 Å². The summed E-state index contributed by atoms with van der Waals surface area (Å²) < 4.78 is 13.0. The molecular weight excluding hydrogens is 374 g/mol. The normalized spacial score (nSPS) is 17.8. The summed E-state index contributed by atoms with van der Waals surface area (Å²) in [6.07, 6.45) is -0.727. The van der Waals surface area contributed by atoms with Crippen molar-refractivity contribution in [2.24, 2.45) is 0 Å². The van der Waals surface area contributed by atoms with Crippen LogP contribution in [0.2, 0.25) is 0 Å². The average molecular weight is 395 g/mol. The minimum absolute atomic E-state index is 0.233. The first-order valence-electron chi connectivity index (χ1n) is 9.35. The molecule has 150 valence electrons. The second-order valence-electron chi connectivity index (χ2n) is 6.79. The molecule has 0 saturated heterocycles. The van der Waals surface area contributed by atoms with Gasteiger partial charge >= 0.3 is 0 Å². The minimum atomic E-state index is -0.845. The lowest BCUT2D eigenvalue weighted by molar-refractivity contribution is -0.128. The number of H-pyrrole nitrogens is 1. The van der Waals surface area contributed by atoms with E-state index in [4.69, 9.17) is 9.47 Å². The van der Waals surface area contributed by atoms with Gasteiger partial charge in [0.1, 0.15) is 11.9 Å². The number of rotatable bonds is 4. The molecule has 3 aromatic rings. The number of anilines is 1. The highest BCUT2D eigenvalue weighted by Gasteiger charge is 2.34. The minimum Gasteiger partial charge on any atom is -0.482 e. The molecule has 2 N–H and O–H groups in total. The number of carbonyl (C=O) groups is 1. The van der Waals surface area contributed by atoms with E-state index in [9.17, 15) is 9.59 Å². The fourth-order valence-electron chi connectivity index (χ4n) is 3.13. The van der Waals surface area contributed by atoms with Gasteiger partial charge in [0.2, 0.25) is 12.1 Å². The Morgan fingerprint density at radius 2 is 1.97 bits per heavy atom. The third-order valence-corrected chi connectivity index (χ3v) is 4.53. The van der Waals surface area contributed by atoms with Crippen LogP contribution in [0.25, 0.3) is 5.95 Å². The number of aromatic nitrogens is 4. The van der Waals surface area contributed by atoms with E-state index >= 15 is 0 Å². The lowest BCUT2D eigenvalue weighted by Crippen LogP contribution is -2.46. The van der Waals surface area contributed by atoms with E-state index in [1.807, 2.05) is 19.1 Å². The van der Waals surface area contributed by atoms with Crippen molar-refractivity contribution in [2.75, 3.05) is 5.32 Å². The number of nitrogens with zero attached hydrogens (tertiary/aromatic N) is 3. The average Bonchev–Trinajstić information content (AvgIpc) is 3.06. The third kappa shape index (κ3) is 3.71. The second kappa shape index (κ2) is 7.42. The Kier molecular flexibility index (Phi) is 4.79. The van der Waals surface area contributed by atoms with Crippen molar-refractivity contribution in [1.29, 1.82) is 0 Å². The Morgan fingerprint density at radius 1 is 1.24 bits per heavy atom. The number of nitrogens with one attached hydrogen (secondary N) is 2. The van der Waals surface area contributed by atoms with Crippen molar-refractivity contribution in [2.45, 2.75) is 39.4 Å². The van der Waals surface area contributed by atoms with Crippen LogP contribution in [0, 0.1) is 6.92 Å². The molecule has 0 bridgehead atoms. The van der Waals surface area contributed by atoms with Gasteiger partial charge in [0.05, 0.1) is 5.69 Å². The standard InChI is InChI=1S/C20H21N5O4/c1-4-13-10-17(26)23-20(21-13)25-16(9-11(2)24-25)22-19(27)18-12(3)28-14-7-5-6-8-15(14)29-18/h5-10,12,18H,4H2,1-3H3,(H,22,27)(H,21,23,26). The molecule has 1 aromatic carbocycles. The summed E-state index contributed by atoms with van der Waals surface area (Å²) in [7, 11) is 0. The van der Waals surface area contributed by atoms with Gasteiger partial charge in [-0.2, -0.15) is 9.78 Å². The summed E-state index contributed by atoms with van der Waals surface area (Å²) in [6, 6.07) is 10.3. The quantitative estimate of drug-likeness (QED) is 0.699. The molecule has 0 fully saturated rings. The number of hydrogen-bond acceptors (Lipinski definition) is 6. The van der Waals surface area contributed by atoms with E-state index in [0.717, 1.165) is 0 Å². The molecule has 9 nitrogen and oxygen atoms in total. The number of ether oxygens (including phenoxy) is 2. The van der Waals surface area contributed by atoms with Gasteiger partial charge in [-0.15, -0.1) is 0 Å². The van der Waals surface area contributed by atoms with E-state index in [2.05, 4.69) is 20.4 Å². The van der Waals surface area contributed by atoms with Gasteiger partial charge in [0.15, 0.2) is 11.5 Å². The number of fused-ring (bicyclic) bond motifs is 1. The number of para-hydroxylation sites is 2. The molecule has 0 spiro atoms. The first kappa shape index (κ1) is 18.7. The first-order valence-corrected chi connectivity index (χ1v) is 9.35. The molecular formula is C20H21N5O4. The summed E-state index contributed by atoms with van der Waals surface area (Å²) in [5.41, 5.74) is 0.999. The number of hydrogen-bond donors (Lipinski definition) is 2. The SMILES string of the molecule is CCc1cc(=O)[nH]c(-n2nc(C)cc2NC(=O)C2Oc3ccccc3OC2C)n1. The zero-order valence-electron chi connectivity index (χ0n) is 16.3. The van der Waals surface area contributed by atoms with Gasteiger partial charge in [-0.1, -0.05) is 19.1 Å². The van der Waals surface area contributed by atoms with Crippen molar-refractivity contribution in [3.05, 3.63) is 58.1 Å². The molecule has 2 aromatic heterocycles. The summed E-state index contributed by atoms with van der Waals surface area (Å²) in [5.74, 6) is 1.33. The molecule has 29 heavy (non-hydrogen) atoms. The van der Waals surface area contributed by atoms with Gasteiger partial charge in [0.25, 0.3) is 11.5 Å². The van der Waals surface area contributed by atoms with E-state index < -0.39 is 12.2 Å². The van der Waals surface area contributed by atoms with Crippen LogP contribution >= 0.6 is 0 Å². The summed E-state index contributed by atoms with van der Waals surface area (Å²) in [6.45, 7) is 5.46. The van der Waals surface area contributed by atoms with E-state index in [0.29, 0.717) is 35.1 Å². The Balaban J connectivity index is 1.62. The van der Waals surface area contributed by atoms with Gasteiger partial charge < -0.3 is 14.8 Å². The monoisotopic (exact) mass is 395 g/mol. The Morgan fingerprint density at radius 3 is 2.69 bits per heavy atom. The largest absolute Gasteiger partial charge is 0.482 e. The highest BCUT2D eigenvalue weighted by Crippen LogP contribution is 2.33. The highest BCUT2D eigenvalue weighted by molar-refractivity contribution is 5.94. The van der Waals surface area contributed by atoms with Gasteiger partial charge in [-0.3, -0.25) is 14.6 Å². The number of benzene rings is 1. The molecule has 9 heteroatoms. The maximum absolute atomic E-state index is 12.9. The van der Waals surface area contributed by atoms with E-state index in [-0.39, 0.29) is 17.4 Å². The smallest absolute Gasteiger partial charge is 0.270 e. The van der Waals surface area contributed by atoms with Gasteiger partial charge in [0, 0.05) is 17.8 Å². The molecule has 1 aliphatic rings. The Labute approximate surface area is 166 Å². The lowest BCUT2D eigenvalue weighted by Gasteiger charge is -2.30. The van der Waals surface area contributed by atoms with Crippen LogP contribution in [0.3, 0.4) is 0 Å². The van der Waals surface area contributed by atoms with Crippen LogP contribution in [0.15, 0.2) is 41.2 Å². The molecule has 0 radical (unpaired) electrons. The Bertz CT molecular complexity index is 1120. The molecule has 2 atom stereocenters. The molecule has 4 rings (SSSR count). The predicted molar refractivity (Wildman–Crippen MR) is 106 cm³/mol. The van der Waals surface area contributed by atoms with Crippen LogP contribution in [-0.4, -0.2) is 37.9 Å². The zero-order chi connectivity index (χ0) is 20.5. The summed E-state index contributed by atoms with van der Waals surface area (Å²) >= 11 is 0. The van der Waals surface area contributed by atoms with Crippen LogP contribution < -0.4 is 20.3 Å². The third-order valence-electron chi connectivity index (χ3n) is 4.53. The van der Waals surface area contributed by atoms with Crippen LogP contribution in [0.4, 0.5) is 5.82 Å². The van der Waals surface area contributed by atoms with Crippen molar-refractivity contribution in [3.8, 4) is 17.4 Å². The van der Waals surface area contributed by atoms with E-state index in [1.165, 1.54) is 10.7 Å². The van der Waals surface area contributed by atoms with Crippen LogP contribution in [0.5, 0.6) is 11.5 Å². The summed E-state index contributed by atoms with van der Waals surface area (Å²) in [5, 5.41) is 7.16.